The minimum absolute atomic E-state index is 0.135. The summed E-state index contributed by atoms with van der Waals surface area (Å²) in [7, 11) is 0. The van der Waals surface area contributed by atoms with Gasteiger partial charge >= 0.3 is 0 Å². The molecule has 6 nitrogen and oxygen atoms in total. The van der Waals surface area contributed by atoms with Gasteiger partial charge < -0.3 is 11.1 Å². The second-order valence-corrected chi connectivity index (χ2v) is 6.19. The maximum Gasteiger partial charge on any atom is 0.241 e. The van der Waals surface area contributed by atoms with Crippen molar-refractivity contribution in [1.82, 2.24) is 14.8 Å². The van der Waals surface area contributed by atoms with Crippen molar-refractivity contribution in [2.24, 2.45) is 11.7 Å². The normalized spacial score (nSPS) is 16.9. The van der Waals surface area contributed by atoms with Gasteiger partial charge in [-0.15, -0.1) is 0 Å². The first kappa shape index (κ1) is 15.7. The molecule has 1 unspecified atom stereocenters. The molecule has 3 rings (SSSR count). The summed E-state index contributed by atoms with van der Waals surface area (Å²) in [5, 5.41) is 6.96. The van der Waals surface area contributed by atoms with Gasteiger partial charge in [-0.2, -0.15) is 5.10 Å². The molecule has 1 atom stereocenters. The first-order valence-electron chi connectivity index (χ1n) is 8.25. The lowest BCUT2D eigenvalue weighted by Crippen LogP contribution is -2.37. The zero-order valence-corrected chi connectivity index (χ0v) is 13.2. The highest BCUT2D eigenvalue weighted by molar-refractivity contribution is 5.94. The molecule has 0 aromatic carbocycles. The standard InChI is InChI=1S/C17H23N5O/c18-15(11-13-5-2-1-3-6-13)17(23)21-14-7-8-16(19-12-14)22-10-4-9-20-22/h4,7-10,12-13,15H,1-3,5-6,11,18H2,(H,21,23). The predicted molar refractivity (Wildman–Crippen MR) is 89.2 cm³/mol. The summed E-state index contributed by atoms with van der Waals surface area (Å²) in [6, 6.07) is 5.01. The summed E-state index contributed by atoms with van der Waals surface area (Å²) in [4.78, 5) is 16.5. The van der Waals surface area contributed by atoms with E-state index >= 15 is 0 Å². The molecule has 2 heterocycles. The maximum atomic E-state index is 12.2. The molecule has 3 N–H and O–H groups in total. The van der Waals surface area contributed by atoms with Crippen molar-refractivity contribution in [3.63, 3.8) is 0 Å². The molecule has 1 aliphatic carbocycles. The van der Waals surface area contributed by atoms with Gasteiger partial charge in [0.2, 0.25) is 5.91 Å². The first-order chi connectivity index (χ1) is 11.2. The van der Waals surface area contributed by atoms with Crippen molar-refractivity contribution < 1.29 is 4.79 Å². The van der Waals surface area contributed by atoms with Gasteiger partial charge in [-0.1, -0.05) is 32.1 Å². The Hall–Kier alpha value is -2.21. The van der Waals surface area contributed by atoms with Crippen molar-refractivity contribution in [1.29, 1.82) is 0 Å². The molecule has 1 amide bonds. The van der Waals surface area contributed by atoms with Gasteiger partial charge in [-0.05, 0) is 30.5 Å². The van der Waals surface area contributed by atoms with E-state index in [0.29, 0.717) is 17.4 Å². The zero-order chi connectivity index (χ0) is 16.1. The molecule has 0 spiro atoms. The Balaban J connectivity index is 1.54. The van der Waals surface area contributed by atoms with Gasteiger partial charge in [0.1, 0.15) is 0 Å². The SMILES string of the molecule is NC(CC1CCCCC1)C(=O)Nc1ccc(-n2cccn2)nc1. The van der Waals surface area contributed by atoms with Crippen LogP contribution in [0.5, 0.6) is 0 Å². The number of hydrogen-bond acceptors (Lipinski definition) is 4. The van der Waals surface area contributed by atoms with Crippen LogP contribution in [0.15, 0.2) is 36.8 Å². The van der Waals surface area contributed by atoms with Crippen LogP contribution in [-0.4, -0.2) is 26.7 Å². The third kappa shape index (κ3) is 4.16. The van der Waals surface area contributed by atoms with Crippen molar-refractivity contribution in [2.45, 2.75) is 44.6 Å². The lowest BCUT2D eigenvalue weighted by molar-refractivity contribution is -0.117. The minimum Gasteiger partial charge on any atom is -0.323 e. The van der Waals surface area contributed by atoms with Gasteiger partial charge in [0.05, 0.1) is 17.9 Å². The molecule has 23 heavy (non-hydrogen) atoms. The van der Waals surface area contributed by atoms with Crippen molar-refractivity contribution in [3.8, 4) is 5.82 Å². The number of nitrogens with zero attached hydrogens (tertiary/aromatic N) is 3. The molecular formula is C17H23N5O. The fourth-order valence-corrected chi connectivity index (χ4v) is 3.12. The molecule has 0 bridgehead atoms. The van der Waals surface area contributed by atoms with Crippen molar-refractivity contribution >= 4 is 11.6 Å². The summed E-state index contributed by atoms with van der Waals surface area (Å²) in [6.45, 7) is 0. The summed E-state index contributed by atoms with van der Waals surface area (Å²) in [5.41, 5.74) is 6.71. The Morgan fingerprint density at radius 3 is 2.83 bits per heavy atom. The van der Waals surface area contributed by atoms with Crippen molar-refractivity contribution in [2.75, 3.05) is 5.32 Å². The molecule has 2 aromatic rings. The fraction of sp³-hybridized carbons (Fsp3) is 0.471. The van der Waals surface area contributed by atoms with Gasteiger partial charge in [-0.25, -0.2) is 9.67 Å². The average molecular weight is 313 g/mol. The van der Waals surface area contributed by atoms with Crippen LogP contribution < -0.4 is 11.1 Å². The van der Waals surface area contributed by atoms with E-state index < -0.39 is 6.04 Å². The Bertz CT molecular complexity index is 617. The number of anilines is 1. The minimum atomic E-state index is -0.455. The topological polar surface area (TPSA) is 85.8 Å². The number of nitrogens with one attached hydrogen (secondary N) is 1. The van der Waals surface area contributed by atoms with Gasteiger partial charge in [0, 0.05) is 12.4 Å². The molecule has 1 fully saturated rings. The Morgan fingerprint density at radius 2 is 2.17 bits per heavy atom. The Labute approximate surface area is 136 Å². The van der Waals surface area contributed by atoms with Crippen LogP contribution in [0.3, 0.4) is 0 Å². The average Bonchev–Trinajstić information content (AvgIpc) is 3.11. The first-order valence-corrected chi connectivity index (χ1v) is 8.25. The van der Waals surface area contributed by atoms with Crippen LogP contribution in [0, 0.1) is 5.92 Å². The van der Waals surface area contributed by atoms with E-state index in [2.05, 4.69) is 15.4 Å². The van der Waals surface area contributed by atoms with E-state index in [1.165, 1.54) is 32.1 Å². The van der Waals surface area contributed by atoms with Crippen LogP contribution in [0.4, 0.5) is 5.69 Å². The second-order valence-electron chi connectivity index (χ2n) is 6.19. The quantitative estimate of drug-likeness (QED) is 0.888. The smallest absolute Gasteiger partial charge is 0.241 e. The predicted octanol–water partition coefficient (Wildman–Crippen LogP) is 2.50. The lowest BCUT2D eigenvalue weighted by atomic mass is 9.85. The molecule has 0 aliphatic heterocycles. The number of carbonyl (C=O) groups excluding carboxylic acids is 1. The molecule has 122 valence electrons. The Morgan fingerprint density at radius 1 is 1.35 bits per heavy atom. The number of nitrogens with two attached hydrogens (primary N) is 1. The van der Waals surface area contributed by atoms with Gasteiger partial charge in [0.15, 0.2) is 5.82 Å². The molecule has 0 saturated heterocycles. The number of carbonyl (C=O) groups is 1. The summed E-state index contributed by atoms with van der Waals surface area (Å²) < 4.78 is 1.67. The van der Waals surface area contributed by atoms with E-state index in [9.17, 15) is 4.79 Å². The molecular weight excluding hydrogens is 290 g/mol. The molecule has 1 aliphatic rings. The van der Waals surface area contributed by atoms with Gasteiger partial charge in [0.25, 0.3) is 0 Å². The van der Waals surface area contributed by atoms with Gasteiger partial charge in [-0.3, -0.25) is 4.79 Å². The van der Waals surface area contributed by atoms with E-state index in [4.69, 9.17) is 5.73 Å². The lowest BCUT2D eigenvalue weighted by Gasteiger charge is -2.24. The molecule has 2 aromatic heterocycles. The largest absolute Gasteiger partial charge is 0.323 e. The number of amides is 1. The van der Waals surface area contributed by atoms with E-state index in [-0.39, 0.29) is 5.91 Å². The van der Waals surface area contributed by atoms with Crippen LogP contribution in [0.1, 0.15) is 38.5 Å². The van der Waals surface area contributed by atoms with Crippen molar-refractivity contribution in [3.05, 3.63) is 36.8 Å². The highest BCUT2D eigenvalue weighted by atomic mass is 16.2. The summed E-state index contributed by atoms with van der Waals surface area (Å²) in [5.74, 6) is 1.16. The van der Waals surface area contributed by atoms with Crippen LogP contribution in [-0.2, 0) is 4.79 Å². The summed E-state index contributed by atoms with van der Waals surface area (Å²) >= 11 is 0. The number of aromatic nitrogens is 3. The third-order valence-corrected chi connectivity index (χ3v) is 4.40. The van der Waals surface area contributed by atoms with Crippen LogP contribution in [0.25, 0.3) is 5.82 Å². The van der Waals surface area contributed by atoms with Crippen LogP contribution in [0.2, 0.25) is 0 Å². The highest BCUT2D eigenvalue weighted by Gasteiger charge is 2.21. The Kier molecular flexibility index (Phi) is 5.02. The second kappa shape index (κ2) is 7.37. The highest BCUT2D eigenvalue weighted by Crippen LogP contribution is 2.27. The number of rotatable bonds is 5. The fourth-order valence-electron chi connectivity index (χ4n) is 3.12. The molecule has 6 heteroatoms. The van der Waals surface area contributed by atoms with Crippen LogP contribution >= 0.6 is 0 Å². The maximum absolute atomic E-state index is 12.2. The van der Waals surface area contributed by atoms with E-state index in [1.807, 2.05) is 24.4 Å². The van der Waals surface area contributed by atoms with E-state index in [1.54, 1.807) is 17.1 Å². The molecule has 1 saturated carbocycles. The number of hydrogen-bond donors (Lipinski definition) is 2. The summed E-state index contributed by atoms with van der Waals surface area (Å²) in [6.07, 6.45) is 12.1. The van der Waals surface area contributed by atoms with E-state index in [0.717, 1.165) is 6.42 Å². The number of pyridine rings is 1. The zero-order valence-electron chi connectivity index (χ0n) is 13.2. The third-order valence-electron chi connectivity index (χ3n) is 4.40. The molecule has 0 radical (unpaired) electrons. The monoisotopic (exact) mass is 313 g/mol.